The summed E-state index contributed by atoms with van der Waals surface area (Å²) in [7, 11) is 1.44. The predicted molar refractivity (Wildman–Crippen MR) is 50.1 cm³/mol. The molecule has 2 atom stereocenters. The van der Waals surface area contributed by atoms with Crippen molar-refractivity contribution in [1.82, 2.24) is 10.1 Å². The Morgan fingerprint density at radius 3 is 2.59 bits per heavy atom. The fourth-order valence-electron chi connectivity index (χ4n) is 1.22. The van der Waals surface area contributed by atoms with Gasteiger partial charge < -0.3 is 14.4 Å². The number of halogens is 3. The first-order valence-electron chi connectivity index (χ1n) is 4.98. The van der Waals surface area contributed by atoms with Gasteiger partial charge in [0.1, 0.15) is 6.10 Å². The number of nitrogens with zero attached hydrogens (tertiary/aromatic N) is 2. The third kappa shape index (κ3) is 3.67. The van der Waals surface area contributed by atoms with Gasteiger partial charge in [0.15, 0.2) is 6.10 Å². The minimum absolute atomic E-state index is 0.180. The van der Waals surface area contributed by atoms with Gasteiger partial charge in [-0.2, -0.15) is 18.2 Å². The molecule has 0 aliphatic heterocycles. The summed E-state index contributed by atoms with van der Waals surface area (Å²) in [5.74, 6) is -0.0836. The number of aliphatic hydroxyl groups excluding tert-OH is 1. The molecular formula is C9H13F3N2O3. The molecule has 0 fully saturated rings. The molecule has 8 heteroatoms. The standard InChI is InChI=1S/C9H13F3N2O3/c1-3-5(16-2)8-13-7(17-14-8)4-6(15)9(10,11)12/h5-6,15H,3-4H2,1-2H3. The number of hydrogen-bond acceptors (Lipinski definition) is 5. The number of alkyl halides is 3. The van der Waals surface area contributed by atoms with Gasteiger partial charge in [-0.05, 0) is 6.42 Å². The van der Waals surface area contributed by atoms with E-state index in [1.807, 2.05) is 6.92 Å². The fraction of sp³-hybridized carbons (Fsp3) is 0.778. The van der Waals surface area contributed by atoms with Gasteiger partial charge >= 0.3 is 6.18 Å². The SMILES string of the molecule is CCC(OC)c1noc(CC(O)C(F)(F)F)n1. The summed E-state index contributed by atoms with van der Waals surface area (Å²) in [6.45, 7) is 1.81. The first-order valence-corrected chi connectivity index (χ1v) is 4.98. The Morgan fingerprint density at radius 1 is 1.47 bits per heavy atom. The van der Waals surface area contributed by atoms with Crippen LogP contribution in [-0.2, 0) is 11.2 Å². The van der Waals surface area contributed by atoms with Crippen LogP contribution in [0, 0.1) is 0 Å². The van der Waals surface area contributed by atoms with Gasteiger partial charge in [0.05, 0.1) is 6.42 Å². The summed E-state index contributed by atoms with van der Waals surface area (Å²) >= 11 is 0. The van der Waals surface area contributed by atoms with Crippen LogP contribution in [0.25, 0.3) is 0 Å². The molecule has 1 heterocycles. The first kappa shape index (κ1) is 13.9. The fourth-order valence-corrected chi connectivity index (χ4v) is 1.22. The van der Waals surface area contributed by atoms with Gasteiger partial charge in [-0.25, -0.2) is 0 Å². The number of aliphatic hydroxyl groups is 1. The third-order valence-electron chi connectivity index (χ3n) is 2.17. The van der Waals surface area contributed by atoms with Crippen molar-refractivity contribution in [2.24, 2.45) is 0 Å². The highest BCUT2D eigenvalue weighted by molar-refractivity contribution is 4.93. The number of ether oxygens (including phenoxy) is 1. The van der Waals surface area contributed by atoms with E-state index in [9.17, 15) is 13.2 Å². The highest BCUT2D eigenvalue weighted by atomic mass is 19.4. The average Bonchev–Trinajstić information content (AvgIpc) is 2.67. The highest BCUT2D eigenvalue weighted by Crippen LogP contribution is 2.23. The van der Waals surface area contributed by atoms with Gasteiger partial charge in [-0.15, -0.1) is 0 Å². The Labute approximate surface area is 95.6 Å². The molecule has 0 aliphatic rings. The molecule has 1 rings (SSSR count). The van der Waals surface area contributed by atoms with Gasteiger partial charge in [-0.1, -0.05) is 12.1 Å². The second-order valence-corrected chi connectivity index (χ2v) is 3.44. The van der Waals surface area contributed by atoms with E-state index in [2.05, 4.69) is 14.7 Å². The Bertz CT molecular complexity index is 350. The molecule has 0 saturated carbocycles. The molecule has 17 heavy (non-hydrogen) atoms. The number of hydrogen-bond donors (Lipinski definition) is 1. The number of rotatable bonds is 5. The van der Waals surface area contributed by atoms with Crippen molar-refractivity contribution in [3.05, 3.63) is 11.7 Å². The maximum atomic E-state index is 12.1. The molecule has 0 radical (unpaired) electrons. The molecule has 0 bridgehead atoms. The van der Waals surface area contributed by atoms with Crippen LogP contribution in [0.4, 0.5) is 13.2 Å². The molecule has 5 nitrogen and oxygen atoms in total. The minimum Gasteiger partial charge on any atom is -0.383 e. The van der Waals surface area contributed by atoms with E-state index in [4.69, 9.17) is 9.84 Å². The molecule has 1 aromatic rings. The van der Waals surface area contributed by atoms with Crippen LogP contribution < -0.4 is 0 Å². The highest BCUT2D eigenvalue weighted by Gasteiger charge is 2.39. The molecule has 0 aromatic carbocycles. The first-order chi connectivity index (χ1) is 7.88. The topological polar surface area (TPSA) is 68.4 Å². The zero-order valence-corrected chi connectivity index (χ0v) is 9.36. The quantitative estimate of drug-likeness (QED) is 0.864. The van der Waals surface area contributed by atoms with Crippen molar-refractivity contribution in [2.75, 3.05) is 7.11 Å². The summed E-state index contributed by atoms with van der Waals surface area (Å²) in [6, 6.07) is 0. The monoisotopic (exact) mass is 254 g/mol. The lowest BCUT2D eigenvalue weighted by atomic mass is 10.2. The lowest BCUT2D eigenvalue weighted by Gasteiger charge is -2.11. The van der Waals surface area contributed by atoms with Crippen molar-refractivity contribution in [3.8, 4) is 0 Å². The van der Waals surface area contributed by atoms with Crippen LogP contribution >= 0.6 is 0 Å². The molecule has 0 saturated heterocycles. The molecule has 98 valence electrons. The maximum Gasteiger partial charge on any atom is 0.414 e. The number of methoxy groups -OCH3 is 1. The van der Waals surface area contributed by atoms with Crippen molar-refractivity contribution >= 4 is 0 Å². The van der Waals surface area contributed by atoms with Crippen LogP contribution in [0.1, 0.15) is 31.2 Å². The van der Waals surface area contributed by atoms with Crippen molar-refractivity contribution < 1.29 is 27.5 Å². The van der Waals surface area contributed by atoms with Crippen LogP contribution in [0.5, 0.6) is 0 Å². The maximum absolute atomic E-state index is 12.1. The molecule has 0 spiro atoms. The van der Waals surface area contributed by atoms with Crippen LogP contribution in [0.3, 0.4) is 0 Å². The van der Waals surface area contributed by atoms with Crippen LogP contribution in [0.2, 0.25) is 0 Å². The lowest BCUT2D eigenvalue weighted by molar-refractivity contribution is -0.204. The van der Waals surface area contributed by atoms with Gasteiger partial charge in [0.2, 0.25) is 11.7 Å². The molecule has 2 unspecified atom stereocenters. The number of aromatic nitrogens is 2. The van der Waals surface area contributed by atoms with Crippen molar-refractivity contribution in [1.29, 1.82) is 0 Å². The average molecular weight is 254 g/mol. The Morgan fingerprint density at radius 2 is 2.12 bits per heavy atom. The summed E-state index contributed by atoms with van der Waals surface area (Å²) < 4.78 is 45.8. The van der Waals surface area contributed by atoms with Crippen LogP contribution in [0.15, 0.2) is 4.52 Å². The van der Waals surface area contributed by atoms with Gasteiger partial charge in [0, 0.05) is 7.11 Å². The molecular weight excluding hydrogens is 241 g/mol. The second-order valence-electron chi connectivity index (χ2n) is 3.44. The third-order valence-corrected chi connectivity index (χ3v) is 2.17. The minimum atomic E-state index is -4.69. The largest absolute Gasteiger partial charge is 0.414 e. The zero-order chi connectivity index (χ0) is 13.1. The Balaban J connectivity index is 2.69. The lowest BCUT2D eigenvalue weighted by Crippen LogP contribution is -2.30. The molecule has 1 aromatic heterocycles. The Hall–Kier alpha value is -1.15. The van der Waals surface area contributed by atoms with E-state index in [-0.39, 0.29) is 11.7 Å². The van der Waals surface area contributed by atoms with Crippen molar-refractivity contribution in [2.45, 2.75) is 38.1 Å². The van der Waals surface area contributed by atoms with E-state index in [0.717, 1.165) is 0 Å². The smallest absolute Gasteiger partial charge is 0.383 e. The second kappa shape index (κ2) is 5.46. The molecule has 0 aliphatic carbocycles. The van der Waals surface area contributed by atoms with E-state index < -0.39 is 24.8 Å². The predicted octanol–water partition coefficient (Wildman–Crippen LogP) is 1.63. The van der Waals surface area contributed by atoms with Crippen LogP contribution in [-0.4, -0.2) is 34.6 Å². The summed E-state index contributed by atoms with van der Waals surface area (Å²) in [4.78, 5) is 3.74. The summed E-state index contributed by atoms with van der Waals surface area (Å²) in [6.07, 6.45) is -7.80. The van der Waals surface area contributed by atoms with E-state index in [1.54, 1.807) is 0 Å². The van der Waals surface area contributed by atoms with Gasteiger partial charge in [0.25, 0.3) is 0 Å². The molecule has 0 amide bonds. The zero-order valence-electron chi connectivity index (χ0n) is 9.36. The van der Waals surface area contributed by atoms with Gasteiger partial charge in [-0.3, -0.25) is 0 Å². The van der Waals surface area contributed by atoms with E-state index in [0.29, 0.717) is 6.42 Å². The normalized spacial score (nSPS) is 15.9. The summed E-state index contributed by atoms with van der Waals surface area (Å²) in [5, 5.41) is 12.3. The van der Waals surface area contributed by atoms with Crippen molar-refractivity contribution in [3.63, 3.8) is 0 Å². The molecule has 1 N–H and O–H groups in total. The van der Waals surface area contributed by atoms with E-state index >= 15 is 0 Å². The van der Waals surface area contributed by atoms with E-state index in [1.165, 1.54) is 7.11 Å². The Kier molecular flexibility index (Phi) is 4.47. The summed E-state index contributed by atoms with van der Waals surface area (Å²) in [5.41, 5.74) is 0.